The molecule has 0 atom stereocenters. The Morgan fingerprint density at radius 2 is 1.48 bits per heavy atom. The first-order valence-corrected chi connectivity index (χ1v) is 12.4. The summed E-state index contributed by atoms with van der Waals surface area (Å²) in [6, 6.07) is 25.7. The van der Waals surface area contributed by atoms with E-state index in [1.807, 2.05) is 54.6 Å². The van der Waals surface area contributed by atoms with Crippen molar-refractivity contribution >= 4 is 15.9 Å². The number of rotatable bonds is 7. The molecule has 6 nitrogen and oxygen atoms in total. The van der Waals surface area contributed by atoms with Crippen molar-refractivity contribution in [3.63, 3.8) is 0 Å². The quantitative estimate of drug-likeness (QED) is 0.578. The Bertz CT molecular complexity index is 1170. The first-order valence-electron chi connectivity index (χ1n) is 11.0. The summed E-state index contributed by atoms with van der Waals surface area (Å²) in [5.74, 6) is 0.680. The molecule has 172 valence electrons. The maximum absolute atomic E-state index is 13.5. The SMILES string of the molecule is COc1ccc(CNC(=O)C2(c3ccccc3)CCN(S(=O)(=O)c3ccccc3)CC2)cc1. The van der Waals surface area contributed by atoms with Crippen molar-refractivity contribution in [1.82, 2.24) is 9.62 Å². The molecule has 0 saturated carbocycles. The van der Waals surface area contributed by atoms with Gasteiger partial charge in [0.15, 0.2) is 0 Å². The first-order chi connectivity index (χ1) is 16.0. The van der Waals surface area contributed by atoms with Gasteiger partial charge in [0.2, 0.25) is 15.9 Å². The van der Waals surface area contributed by atoms with Gasteiger partial charge in [0.1, 0.15) is 5.75 Å². The molecule has 1 heterocycles. The number of hydrogen-bond acceptors (Lipinski definition) is 4. The molecule has 7 heteroatoms. The summed E-state index contributed by atoms with van der Waals surface area (Å²) < 4.78 is 32.8. The lowest BCUT2D eigenvalue weighted by molar-refractivity contribution is -0.128. The van der Waals surface area contributed by atoms with Crippen LogP contribution in [0.1, 0.15) is 24.0 Å². The van der Waals surface area contributed by atoms with E-state index >= 15 is 0 Å². The van der Waals surface area contributed by atoms with E-state index < -0.39 is 15.4 Å². The molecule has 3 aromatic carbocycles. The van der Waals surface area contributed by atoms with Gasteiger partial charge in [0.25, 0.3) is 0 Å². The number of piperidine rings is 1. The van der Waals surface area contributed by atoms with Crippen molar-refractivity contribution in [2.75, 3.05) is 20.2 Å². The fourth-order valence-electron chi connectivity index (χ4n) is 4.35. The number of methoxy groups -OCH3 is 1. The molecule has 1 aliphatic rings. The van der Waals surface area contributed by atoms with Crippen LogP contribution >= 0.6 is 0 Å². The molecule has 33 heavy (non-hydrogen) atoms. The second kappa shape index (κ2) is 9.77. The van der Waals surface area contributed by atoms with Crippen LogP contribution < -0.4 is 10.1 Å². The highest BCUT2D eigenvalue weighted by atomic mass is 32.2. The van der Waals surface area contributed by atoms with Gasteiger partial charge in [0.05, 0.1) is 17.4 Å². The molecule has 1 fully saturated rings. The van der Waals surface area contributed by atoms with Crippen LogP contribution in [0.5, 0.6) is 5.75 Å². The fraction of sp³-hybridized carbons (Fsp3) is 0.269. The van der Waals surface area contributed by atoms with E-state index in [-0.39, 0.29) is 23.9 Å². The van der Waals surface area contributed by atoms with Crippen LogP contribution in [0.2, 0.25) is 0 Å². The number of nitrogens with one attached hydrogen (secondary N) is 1. The van der Waals surface area contributed by atoms with Crippen molar-refractivity contribution < 1.29 is 17.9 Å². The molecular weight excluding hydrogens is 436 g/mol. The topological polar surface area (TPSA) is 75.7 Å². The highest BCUT2D eigenvalue weighted by Gasteiger charge is 2.45. The van der Waals surface area contributed by atoms with E-state index in [0.29, 0.717) is 19.4 Å². The lowest BCUT2D eigenvalue weighted by Crippen LogP contribution is -2.52. The van der Waals surface area contributed by atoms with E-state index in [4.69, 9.17) is 4.74 Å². The largest absolute Gasteiger partial charge is 0.497 e. The Morgan fingerprint density at radius 3 is 2.06 bits per heavy atom. The first kappa shape index (κ1) is 23.0. The zero-order valence-electron chi connectivity index (χ0n) is 18.6. The molecule has 1 saturated heterocycles. The summed E-state index contributed by atoms with van der Waals surface area (Å²) in [5, 5.41) is 3.08. The summed E-state index contributed by atoms with van der Waals surface area (Å²) in [7, 11) is -1.98. The second-order valence-corrected chi connectivity index (χ2v) is 10.1. The number of sulfonamides is 1. The second-order valence-electron chi connectivity index (χ2n) is 8.20. The monoisotopic (exact) mass is 464 g/mol. The summed E-state index contributed by atoms with van der Waals surface area (Å²) in [4.78, 5) is 13.8. The summed E-state index contributed by atoms with van der Waals surface area (Å²) in [6.07, 6.45) is 0.828. The summed E-state index contributed by atoms with van der Waals surface area (Å²) in [5.41, 5.74) is 1.10. The van der Waals surface area contributed by atoms with Crippen molar-refractivity contribution in [3.05, 3.63) is 96.1 Å². The van der Waals surface area contributed by atoms with Crippen LogP contribution in [0.4, 0.5) is 0 Å². The van der Waals surface area contributed by atoms with Gasteiger partial charge in [0, 0.05) is 19.6 Å². The van der Waals surface area contributed by atoms with Crippen molar-refractivity contribution in [3.8, 4) is 5.75 Å². The van der Waals surface area contributed by atoms with Gasteiger partial charge in [-0.2, -0.15) is 4.31 Å². The molecule has 4 rings (SSSR count). The van der Waals surface area contributed by atoms with E-state index in [2.05, 4.69) is 5.32 Å². The molecule has 1 aliphatic heterocycles. The minimum Gasteiger partial charge on any atom is -0.497 e. The minimum atomic E-state index is -3.59. The maximum Gasteiger partial charge on any atom is 0.243 e. The number of carbonyl (C=O) groups is 1. The Balaban J connectivity index is 1.53. The van der Waals surface area contributed by atoms with Gasteiger partial charge in [-0.25, -0.2) is 8.42 Å². The summed E-state index contributed by atoms with van der Waals surface area (Å²) in [6.45, 7) is 0.952. The molecule has 0 spiro atoms. The number of amides is 1. The van der Waals surface area contributed by atoms with Crippen LogP contribution in [-0.4, -0.2) is 38.8 Å². The molecule has 0 aliphatic carbocycles. The van der Waals surface area contributed by atoms with E-state index in [1.165, 1.54) is 4.31 Å². The smallest absolute Gasteiger partial charge is 0.243 e. The van der Waals surface area contributed by atoms with E-state index in [1.54, 1.807) is 37.4 Å². The van der Waals surface area contributed by atoms with Crippen LogP contribution in [0, 0.1) is 0 Å². The number of carbonyl (C=O) groups excluding carboxylic acids is 1. The molecule has 0 unspecified atom stereocenters. The molecule has 1 amide bonds. The summed E-state index contributed by atoms with van der Waals surface area (Å²) >= 11 is 0. The van der Waals surface area contributed by atoms with E-state index in [9.17, 15) is 13.2 Å². The van der Waals surface area contributed by atoms with Crippen molar-refractivity contribution in [2.24, 2.45) is 0 Å². The number of hydrogen-bond donors (Lipinski definition) is 1. The van der Waals surface area contributed by atoms with Crippen LogP contribution in [-0.2, 0) is 26.8 Å². The Hall–Kier alpha value is -3.16. The Kier molecular flexibility index (Phi) is 6.81. The van der Waals surface area contributed by atoms with Gasteiger partial charge in [-0.05, 0) is 48.2 Å². The average Bonchev–Trinajstić information content (AvgIpc) is 2.88. The predicted molar refractivity (Wildman–Crippen MR) is 127 cm³/mol. The van der Waals surface area contributed by atoms with Gasteiger partial charge in [-0.3, -0.25) is 4.79 Å². The van der Waals surface area contributed by atoms with Gasteiger partial charge < -0.3 is 10.1 Å². The van der Waals surface area contributed by atoms with Crippen molar-refractivity contribution in [1.29, 1.82) is 0 Å². The lowest BCUT2D eigenvalue weighted by atomic mass is 9.72. The van der Waals surface area contributed by atoms with Gasteiger partial charge >= 0.3 is 0 Å². The number of ether oxygens (including phenoxy) is 1. The van der Waals surface area contributed by atoms with Gasteiger partial charge in [-0.15, -0.1) is 0 Å². The molecule has 0 aromatic heterocycles. The third-order valence-electron chi connectivity index (χ3n) is 6.33. The molecule has 1 N–H and O–H groups in total. The van der Waals surface area contributed by atoms with Crippen molar-refractivity contribution in [2.45, 2.75) is 29.7 Å². The van der Waals surface area contributed by atoms with E-state index in [0.717, 1.165) is 16.9 Å². The zero-order valence-corrected chi connectivity index (χ0v) is 19.4. The normalized spacial score (nSPS) is 16.2. The van der Waals surface area contributed by atoms with Crippen LogP contribution in [0.3, 0.4) is 0 Å². The highest BCUT2D eigenvalue weighted by molar-refractivity contribution is 7.89. The number of benzene rings is 3. The maximum atomic E-state index is 13.5. The Labute approximate surface area is 195 Å². The lowest BCUT2D eigenvalue weighted by Gasteiger charge is -2.40. The zero-order chi connectivity index (χ0) is 23.3. The Morgan fingerprint density at radius 1 is 0.909 bits per heavy atom. The third-order valence-corrected chi connectivity index (χ3v) is 8.24. The molecule has 0 radical (unpaired) electrons. The molecular formula is C26H28N2O4S. The highest BCUT2D eigenvalue weighted by Crippen LogP contribution is 2.37. The fourth-order valence-corrected chi connectivity index (χ4v) is 5.81. The van der Waals surface area contributed by atoms with Crippen LogP contribution in [0.25, 0.3) is 0 Å². The van der Waals surface area contributed by atoms with Gasteiger partial charge in [-0.1, -0.05) is 60.7 Å². The average molecular weight is 465 g/mol. The minimum absolute atomic E-state index is 0.0822. The number of nitrogens with zero attached hydrogens (tertiary/aromatic N) is 1. The third kappa shape index (κ3) is 4.79. The molecule has 0 bridgehead atoms. The predicted octanol–water partition coefficient (Wildman–Crippen LogP) is 3.73. The molecule has 3 aromatic rings. The van der Waals surface area contributed by atoms with Crippen LogP contribution in [0.15, 0.2) is 89.8 Å². The standard InChI is InChI=1S/C26H28N2O4S/c1-32-23-14-12-21(13-15-23)20-27-25(29)26(22-8-4-2-5-9-22)16-18-28(19-17-26)33(30,31)24-10-6-3-7-11-24/h2-15H,16-20H2,1H3,(H,27,29).